The van der Waals surface area contributed by atoms with E-state index in [0.717, 1.165) is 25.7 Å². The van der Waals surface area contributed by atoms with E-state index >= 15 is 0 Å². The molecule has 16 heavy (non-hydrogen) atoms. The second kappa shape index (κ2) is 4.37. The molecule has 0 radical (unpaired) electrons. The summed E-state index contributed by atoms with van der Waals surface area (Å²) in [5.74, 6) is 0.176. The highest BCUT2D eigenvalue weighted by molar-refractivity contribution is 5.99. The molecule has 1 fully saturated rings. The number of Topliss-reactive ketones (excluding diaryl/α,β-unsaturated/α-hetero) is 1. The first-order valence-corrected chi connectivity index (χ1v) is 5.92. The van der Waals surface area contributed by atoms with E-state index in [1.165, 1.54) is 6.42 Å². The Bertz CT molecular complexity index is 377. The zero-order valence-corrected chi connectivity index (χ0v) is 9.78. The average Bonchev–Trinajstić information content (AvgIpc) is 2.75. The molecule has 2 N–H and O–H groups in total. The van der Waals surface area contributed by atoms with Gasteiger partial charge < -0.3 is 5.73 Å². The van der Waals surface area contributed by atoms with Gasteiger partial charge in [-0.2, -0.15) is 5.10 Å². The number of ketones is 1. The lowest BCUT2D eigenvalue weighted by Crippen LogP contribution is -2.41. The van der Waals surface area contributed by atoms with Crippen molar-refractivity contribution in [2.24, 2.45) is 18.2 Å². The van der Waals surface area contributed by atoms with Crippen LogP contribution in [0.5, 0.6) is 0 Å². The van der Waals surface area contributed by atoms with Gasteiger partial charge in [-0.05, 0) is 18.9 Å². The molecule has 88 valence electrons. The van der Waals surface area contributed by atoms with Crippen LogP contribution in [0.1, 0.15) is 42.6 Å². The second-order valence-electron chi connectivity index (χ2n) is 4.71. The van der Waals surface area contributed by atoms with E-state index in [1.54, 1.807) is 24.0 Å². The van der Waals surface area contributed by atoms with Crippen LogP contribution in [0, 0.1) is 5.41 Å². The fourth-order valence-electron chi connectivity index (χ4n) is 2.62. The molecule has 0 atom stereocenters. The lowest BCUT2D eigenvalue weighted by molar-refractivity contribution is 0.0718. The van der Waals surface area contributed by atoms with Crippen LogP contribution in [0.4, 0.5) is 0 Å². The van der Waals surface area contributed by atoms with Crippen molar-refractivity contribution in [2.75, 3.05) is 6.54 Å². The quantitative estimate of drug-likeness (QED) is 0.787. The van der Waals surface area contributed by atoms with Crippen LogP contribution in [0.2, 0.25) is 0 Å². The lowest BCUT2D eigenvalue weighted by Gasteiger charge is -2.34. The maximum Gasteiger partial charge on any atom is 0.188 e. The first kappa shape index (κ1) is 11.3. The smallest absolute Gasteiger partial charge is 0.188 e. The maximum absolute atomic E-state index is 12.5. The minimum Gasteiger partial charge on any atom is -0.329 e. The highest BCUT2D eigenvalue weighted by Gasteiger charge is 2.39. The molecule has 0 unspecified atom stereocenters. The summed E-state index contributed by atoms with van der Waals surface area (Å²) in [6.07, 6.45) is 6.96. The third-order valence-electron chi connectivity index (χ3n) is 3.74. The van der Waals surface area contributed by atoms with E-state index in [0.29, 0.717) is 12.2 Å². The first-order chi connectivity index (χ1) is 7.69. The number of carbonyl (C=O) groups is 1. The average molecular weight is 221 g/mol. The van der Waals surface area contributed by atoms with Crippen LogP contribution in [0.25, 0.3) is 0 Å². The second-order valence-corrected chi connectivity index (χ2v) is 4.71. The fraction of sp³-hybridized carbons (Fsp3) is 0.667. The Morgan fingerprint density at radius 3 is 2.69 bits per heavy atom. The Morgan fingerprint density at radius 2 is 2.19 bits per heavy atom. The van der Waals surface area contributed by atoms with Gasteiger partial charge in [0.2, 0.25) is 0 Å². The number of hydrogen-bond donors (Lipinski definition) is 1. The largest absolute Gasteiger partial charge is 0.329 e. The molecule has 0 bridgehead atoms. The molecule has 0 aromatic carbocycles. The lowest BCUT2D eigenvalue weighted by atomic mass is 9.70. The van der Waals surface area contributed by atoms with Gasteiger partial charge in [0.05, 0.1) is 0 Å². The summed E-state index contributed by atoms with van der Waals surface area (Å²) in [5, 5.41) is 4.05. The van der Waals surface area contributed by atoms with Crippen molar-refractivity contribution in [1.29, 1.82) is 0 Å². The van der Waals surface area contributed by atoms with Crippen molar-refractivity contribution >= 4 is 5.78 Å². The van der Waals surface area contributed by atoms with Crippen molar-refractivity contribution in [3.8, 4) is 0 Å². The molecule has 1 saturated carbocycles. The van der Waals surface area contributed by atoms with Crippen molar-refractivity contribution in [3.63, 3.8) is 0 Å². The summed E-state index contributed by atoms with van der Waals surface area (Å²) in [5.41, 5.74) is 6.20. The molecule has 2 rings (SSSR count). The Balaban J connectivity index is 2.28. The van der Waals surface area contributed by atoms with Gasteiger partial charge in [0.1, 0.15) is 5.69 Å². The summed E-state index contributed by atoms with van der Waals surface area (Å²) < 4.78 is 1.65. The van der Waals surface area contributed by atoms with Crippen LogP contribution < -0.4 is 5.73 Å². The highest BCUT2D eigenvalue weighted by atomic mass is 16.1. The van der Waals surface area contributed by atoms with Gasteiger partial charge in [0.25, 0.3) is 0 Å². The maximum atomic E-state index is 12.5. The Kier molecular flexibility index (Phi) is 3.10. The van der Waals surface area contributed by atoms with Crippen LogP contribution in [0.3, 0.4) is 0 Å². The molecule has 4 heteroatoms. The number of aromatic nitrogens is 2. The van der Waals surface area contributed by atoms with Gasteiger partial charge in [0, 0.05) is 25.2 Å². The van der Waals surface area contributed by atoms with Crippen LogP contribution in [-0.2, 0) is 7.05 Å². The van der Waals surface area contributed by atoms with E-state index in [1.807, 2.05) is 0 Å². The molecular formula is C12H19N3O. The number of rotatable bonds is 3. The minimum absolute atomic E-state index is 0.176. The number of hydrogen-bond acceptors (Lipinski definition) is 3. The molecule has 1 aliphatic carbocycles. The fourth-order valence-corrected chi connectivity index (χ4v) is 2.62. The van der Waals surface area contributed by atoms with Crippen molar-refractivity contribution in [1.82, 2.24) is 9.78 Å². The summed E-state index contributed by atoms with van der Waals surface area (Å²) in [7, 11) is 1.81. The molecule has 1 aromatic heterocycles. The number of aryl methyl sites for hydroxylation is 1. The standard InChI is InChI=1S/C12H19N3O/c1-15-10(5-8-14-15)11(16)12(9-13)6-3-2-4-7-12/h5,8H,2-4,6-7,9,13H2,1H3. The summed E-state index contributed by atoms with van der Waals surface area (Å²) in [6, 6.07) is 1.79. The summed E-state index contributed by atoms with van der Waals surface area (Å²) >= 11 is 0. The van der Waals surface area contributed by atoms with E-state index < -0.39 is 0 Å². The van der Waals surface area contributed by atoms with E-state index in [-0.39, 0.29) is 11.2 Å². The first-order valence-electron chi connectivity index (χ1n) is 5.92. The third-order valence-corrected chi connectivity index (χ3v) is 3.74. The monoisotopic (exact) mass is 221 g/mol. The molecular weight excluding hydrogens is 202 g/mol. The van der Waals surface area contributed by atoms with Gasteiger partial charge in [-0.1, -0.05) is 19.3 Å². The topological polar surface area (TPSA) is 60.9 Å². The zero-order chi connectivity index (χ0) is 11.6. The molecule has 0 amide bonds. The van der Waals surface area contributed by atoms with Crippen molar-refractivity contribution in [3.05, 3.63) is 18.0 Å². The Morgan fingerprint density at radius 1 is 1.50 bits per heavy atom. The number of nitrogens with zero attached hydrogens (tertiary/aromatic N) is 2. The van der Waals surface area contributed by atoms with E-state index in [2.05, 4.69) is 5.10 Å². The SMILES string of the molecule is Cn1nccc1C(=O)C1(CN)CCCCC1. The van der Waals surface area contributed by atoms with Gasteiger partial charge in [-0.3, -0.25) is 9.48 Å². The van der Waals surface area contributed by atoms with Crippen LogP contribution in [0.15, 0.2) is 12.3 Å². The third kappa shape index (κ3) is 1.78. The highest BCUT2D eigenvalue weighted by Crippen LogP contribution is 2.38. The van der Waals surface area contributed by atoms with Crippen LogP contribution in [-0.4, -0.2) is 22.1 Å². The summed E-state index contributed by atoms with van der Waals surface area (Å²) in [4.78, 5) is 12.5. The van der Waals surface area contributed by atoms with Crippen LogP contribution >= 0.6 is 0 Å². The van der Waals surface area contributed by atoms with E-state index in [9.17, 15) is 4.79 Å². The van der Waals surface area contributed by atoms with Gasteiger partial charge in [-0.15, -0.1) is 0 Å². The number of nitrogens with two attached hydrogens (primary N) is 1. The van der Waals surface area contributed by atoms with E-state index in [4.69, 9.17) is 5.73 Å². The molecule has 1 heterocycles. The predicted molar refractivity (Wildman–Crippen MR) is 62.1 cm³/mol. The molecule has 4 nitrogen and oxygen atoms in total. The summed E-state index contributed by atoms with van der Waals surface area (Å²) in [6.45, 7) is 0.455. The van der Waals surface area contributed by atoms with Gasteiger partial charge >= 0.3 is 0 Å². The van der Waals surface area contributed by atoms with Gasteiger partial charge in [0.15, 0.2) is 5.78 Å². The molecule has 0 saturated heterocycles. The molecule has 0 aliphatic heterocycles. The zero-order valence-electron chi connectivity index (χ0n) is 9.78. The Labute approximate surface area is 95.8 Å². The number of carbonyl (C=O) groups excluding carboxylic acids is 1. The van der Waals surface area contributed by atoms with Crippen molar-refractivity contribution < 1.29 is 4.79 Å². The molecule has 1 aromatic rings. The Hall–Kier alpha value is -1.16. The van der Waals surface area contributed by atoms with Crippen molar-refractivity contribution in [2.45, 2.75) is 32.1 Å². The molecule has 1 aliphatic rings. The predicted octanol–water partition coefficient (Wildman–Crippen LogP) is 1.51. The molecule has 0 spiro atoms. The normalized spacial score (nSPS) is 19.6. The minimum atomic E-state index is -0.327. The van der Waals surface area contributed by atoms with Gasteiger partial charge in [-0.25, -0.2) is 0 Å².